The average molecular weight is 475 g/mol. The standard InChI is InChI=1S/C19H25NO13/c1-7(13-17(25)33-19(26)20-13)28-18-16(31-11(5)24)15(30-10(4)23)14(29-9(3)22)12(32-18)6-27-8(2)21/h7,12-16,18H,6H2,1-5H3,(H,20,26)/t7-,12-,13+,14+,15+,16-,18+/m1/s1. The highest BCUT2D eigenvalue weighted by molar-refractivity contribution is 5.95. The van der Waals surface area contributed by atoms with Crippen molar-refractivity contribution >= 4 is 35.9 Å². The summed E-state index contributed by atoms with van der Waals surface area (Å²) in [5.74, 6) is -3.97. The Morgan fingerprint density at radius 2 is 1.42 bits per heavy atom. The molecule has 2 aliphatic heterocycles. The summed E-state index contributed by atoms with van der Waals surface area (Å²) in [6.07, 6.45) is -8.97. The van der Waals surface area contributed by atoms with Crippen LogP contribution in [0.4, 0.5) is 4.79 Å². The number of hydrogen-bond donors (Lipinski definition) is 1. The molecule has 0 aromatic heterocycles. The molecule has 0 spiro atoms. The highest BCUT2D eigenvalue weighted by Crippen LogP contribution is 2.31. The van der Waals surface area contributed by atoms with Crippen LogP contribution < -0.4 is 5.32 Å². The minimum atomic E-state index is -1.49. The molecule has 0 saturated carbocycles. The number of esters is 5. The molecule has 7 atom stereocenters. The zero-order valence-electron chi connectivity index (χ0n) is 18.6. The highest BCUT2D eigenvalue weighted by Gasteiger charge is 2.54. The number of rotatable bonds is 8. The third kappa shape index (κ3) is 7.12. The zero-order chi connectivity index (χ0) is 24.9. The van der Waals surface area contributed by atoms with Crippen LogP contribution in [0.5, 0.6) is 0 Å². The third-order valence-electron chi connectivity index (χ3n) is 4.49. The van der Waals surface area contributed by atoms with Gasteiger partial charge in [0.1, 0.15) is 12.7 Å². The molecule has 1 amide bonds. The second-order valence-corrected chi connectivity index (χ2v) is 7.24. The lowest BCUT2D eigenvalue weighted by molar-refractivity contribution is -0.316. The summed E-state index contributed by atoms with van der Waals surface area (Å²) in [4.78, 5) is 69.8. The zero-order valence-corrected chi connectivity index (χ0v) is 18.6. The van der Waals surface area contributed by atoms with Crippen molar-refractivity contribution in [3.8, 4) is 0 Å². The van der Waals surface area contributed by atoms with Crippen molar-refractivity contribution in [2.75, 3.05) is 6.61 Å². The summed E-state index contributed by atoms with van der Waals surface area (Å²) < 4.78 is 36.6. The van der Waals surface area contributed by atoms with Gasteiger partial charge in [-0.25, -0.2) is 9.59 Å². The number of nitrogens with one attached hydrogen (secondary N) is 1. The first kappa shape index (κ1) is 26.0. The minimum absolute atomic E-state index is 0.436. The summed E-state index contributed by atoms with van der Waals surface area (Å²) in [5.41, 5.74) is 0. The van der Waals surface area contributed by atoms with Crippen LogP contribution in [0.15, 0.2) is 0 Å². The van der Waals surface area contributed by atoms with E-state index in [1.807, 2.05) is 0 Å². The topological polar surface area (TPSA) is 179 Å². The van der Waals surface area contributed by atoms with Gasteiger partial charge in [-0.1, -0.05) is 0 Å². The molecule has 0 unspecified atom stereocenters. The molecule has 0 bridgehead atoms. The van der Waals surface area contributed by atoms with Gasteiger partial charge in [0.05, 0.1) is 6.10 Å². The number of carbonyl (C=O) groups is 6. The summed E-state index contributed by atoms with van der Waals surface area (Å²) in [7, 11) is 0. The van der Waals surface area contributed by atoms with E-state index >= 15 is 0 Å². The molecule has 2 aliphatic rings. The van der Waals surface area contributed by atoms with Crippen molar-refractivity contribution in [3.05, 3.63) is 0 Å². The van der Waals surface area contributed by atoms with Crippen molar-refractivity contribution < 1.29 is 61.9 Å². The molecule has 33 heavy (non-hydrogen) atoms. The first-order chi connectivity index (χ1) is 15.4. The van der Waals surface area contributed by atoms with Crippen LogP contribution in [0, 0.1) is 0 Å². The summed E-state index contributed by atoms with van der Waals surface area (Å²) in [6.45, 7) is 5.35. The van der Waals surface area contributed by atoms with Gasteiger partial charge in [0, 0.05) is 27.7 Å². The lowest BCUT2D eigenvalue weighted by atomic mass is 9.98. The van der Waals surface area contributed by atoms with E-state index in [-0.39, 0.29) is 0 Å². The fourth-order valence-electron chi connectivity index (χ4n) is 3.27. The van der Waals surface area contributed by atoms with Gasteiger partial charge >= 0.3 is 35.9 Å². The molecule has 184 valence electrons. The number of hydrogen-bond acceptors (Lipinski definition) is 13. The smallest absolute Gasteiger partial charge is 0.415 e. The summed E-state index contributed by atoms with van der Waals surface area (Å²) in [6, 6.07) is -1.20. The van der Waals surface area contributed by atoms with Crippen molar-refractivity contribution in [3.63, 3.8) is 0 Å². The molecule has 1 N–H and O–H groups in total. The number of amides is 1. The Balaban J connectivity index is 2.39. The van der Waals surface area contributed by atoms with Crippen LogP contribution >= 0.6 is 0 Å². The van der Waals surface area contributed by atoms with Gasteiger partial charge in [-0.2, -0.15) is 0 Å². The van der Waals surface area contributed by atoms with Crippen molar-refractivity contribution in [1.29, 1.82) is 0 Å². The van der Waals surface area contributed by atoms with Gasteiger partial charge < -0.3 is 38.5 Å². The van der Waals surface area contributed by atoms with Gasteiger partial charge in [-0.15, -0.1) is 0 Å². The Bertz CT molecular complexity index is 812. The summed E-state index contributed by atoms with van der Waals surface area (Å²) >= 11 is 0. The molecule has 14 nitrogen and oxygen atoms in total. The van der Waals surface area contributed by atoms with Crippen LogP contribution in [0.25, 0.3) is 0 Å². The quantitative estimate of drug-likeness (QED) is 0.260. The highest BCUT2D eigenvalue weighted by atomic mass is 16.7. The van der Waals surface area contributed by atoms with Crippen molar-refractivity contribution in [1.82, 2.24) is 5.32 Å². The Kier molecular flexibility index (Phi) is 8.70. The fourth-order valence-corrected chi connectivity index (χ4v) is 3.27. The fraction of sp³-hybridized carbons (Fsp3) is 0.684. The van der Waals surface area contributed by atoms with Gasteiger partial charge in [0.15, 0.2) is 30.6 Å². The van der Waals surface area contributed by atoms with E-state index in [2.05, 4.69) is 10.1 Å². The van der Waals surface area contributed by atoms with E-state index in [9.17, 15) is 28.8 Å². The molecule has 2 rings (SSSR count). The second kappa shape index (κ2) is 11.0. The molecule has 0 aliphatic carbocycles. The third-order valence-corrected chi connectivity index (χ3v) is 4.49. The maximum absolute atomic E-state index is 11.9. The lowest BCUT2D eigenvalue weighted by Gasteiger charge is -2.44. The van der Waals surface area contributed by atoms with E-state index < -0.39 is 85.4 Å². The normalized spacial score (nSPS) is 29.8. The first-order valence-corrected chi connectivity index (χ1v) is 9.87. The van der Waals surface area contributed by atoms with E-state index in [1.54, 1.807) is 0 Å². The molecular weight excluding hydrogens is 450 g/mol. The van der Waals surface area contributed by atoms with Gasteiger partial charge in [0.2, 0.25) is 0 Å². The molecule has 0 aromatic rings. The Hall–Kier alpha value is -3.26. The van der Waals surface area contributed by atoms with E-state index in [0.717, 1.165) is 27.7 Å². The molecule has 0 radical (unpaired) electrons. The van der Waals surface area contributed by atoms with Crippen LogP contribution in [0.2, 0.25) is 0 Å². The largest absolute Gasteiger partial charge is 0.463 e. The Morgan fingerprint density at radius 1 is 0.879 bits per heavy atom. The average Bonchev–Trinajstić information content (AvgIpc) is 3.02. The van der Waals surface area contributed by atoms with Gasteiger partial charge in [0.25, 0.3) is 0 Å². The molecule has 2 saturated heterocycles. The SMILES string of the molecule is CC(=O)OC[C@H]1O[C@H](O[C@H](C)[C@@H]2NC(=O)OC2=O)[C@H](OC(C)=O)[C@@H](OC(C)=O)[C@H]1OC(C)=O. The van der Waals surface area contributed by atoms with E-state index in [0.29, 0.717) is 0 Å². The molecular formula is C19H25NO13. The van der Waals surface area contributed by atoms with Crippen LogP contribution in [-0.2, 0) is 57.1 Å². The lowest BCUT2D eigenvalue weighted by Crippen LogP contribution is -2.63. The maximum Gasteiger partial charge on any atom is 0.415 e. The number of carbonyl (C=O) groups excluding carboxylic acids is 6. The molecule has 14 heteroatoms. The Morgan fingerprint density at radius 3 is 1.91 bits per heavy atom. The van der Waals surface area contributed by atoms with Crippen LogP contribution in [-0.4, -0.2) is 85.4 Å². The number of cyclic esters (lactones) is 2. The van der Waals surface area contributed by atoms with Gasteiger partial charge in [-0.3, -0.25) is 19.2 Å². The first-order valence-electron chi connectivity index (χ1n) is 9.87. The number of ether oxygens (including phenoxy) is 7. The minimum Gasteiger partial charge on any atom is -0.463 e. The predicted octanol–water partition coefficient (Wildman–Crippen LogP) is -0.890. The van der Waals surface area contributed by atoms with Crippen LogP contribution in [0.1, 0.15) is 34.6 Å². The van der Waals surface area contributed by atoms with Crippen LogP contribution in [0.3, 0.4) is 0 Å². The molecule has 2 fully saturated rings. The predicted molar refractivity (Wildman–Crippen MR) is 101 cm³/mol. The molecule has 0 aromatic carbocycles. The number of alkyl carbamates (subject to hydrolysis) is 1. The second-order valence-electron chi connectivity index (χ2n) is 7.24. The summed E-state index contributed by atoms with van der Waals surface area (Å²) in [5, 5.41) is 2.26. The molecule has 2 heterocycles. The maximum atomic E-state index is 11.9. The Labute approximate surface area is 188 Å². The van der Waals surface area contributed by atoms with Crippen molar-refractivity contribution in [2.45, 2.75) is 77.5 Å². The monoisotopic (exact) mass is 475 g/mol. The van der Waals surface area contributed by atoms with E-state index in [4.69, 9.17) is 28.4 Å². The van der Waals surface area contributed by atoms with E-state index in [1.165, 1.54) is 6.92 Å². The van der Waals surface area contributed by atoms with Gasteiger partial charge in [-0.05, 0) is 6.92 Å². The van der Waals surface area contributed by atoms with Crippen molar-refractivity contribution in [2.24, 2.45) is 0 Å².